The first-order valence-electron chi connectivity index (χ1n) is 5.57. The molecule has 2 aliphatic rings. The minimum atomic E-state index is -1.46. The highest BCUT2D eigenvalue weighted by molar-refractivity contribution is 5.86. The van der Waals surface area contributed by atoms with Crippen LogP contribution in [0.2, 0.25) is 0 Å². The third-order valence-electron chi connectivity index (χ3n) is 3.52. The van der Waals surface area contributed by atoms with Crippen molar-refractivity contribution in [2.45, 2.75) is 18.8 Å². The Morgan fingerprint density at radius 2 is 1.83 bits per heavy atom. The van der Waals surface area contributed by atoms with Crippen LogP contribution in [0.1, 0.15) is 6.92 Å². The molecule has 102 valence electrons. The summed E-state index contributed by atoms with van der Waals surface area (Å²) >= 11 is 0. The standard InChI is InChI=1S/C9H16N4O5/c1-2-11-6-9(3-14,13(5-16)8(11)18)12(4-15)7(17)10-6/h6,14-16H,2-5H2,1H3,(H,10,17). The molecule has 2 heterocycles. The van der Waals surface area contributed by atoms with Gasteiger partial charge in [-0.3, -0.25) is 9.80 Å². The zero-order valence-electron chi connectivity index (χ0n) is 9.91. The van der Waals surface area contributed by atoms with Gasteiger partial charge >= 0.3 is 12.1 Å². The topological polar surface area (TPSA) is 117 Å². The Labute approximate surface area is 103 Å². The Balaban J connectivity index is 2.51. The van der Waals surface area contributed by atoms with Crippen molar-refractivity contribution < 1.29 is 24.9 Å². The fraction of sp³-hybridized carbons (Fsp3) is 0.778. The maximum Gasteiger partial charge on any atom is 0.325 e. The van der Waals surface area contributed by atoms with Gasteiger partial charge in [-0.2, -0.15) is 0 Å². The van der Waals surface area contributed by atoms with Crippen LogP contribution >= 0.6 is 0 Å². The Morgan fingerprint density at radius 1 is 1.22 bits per heavy atom. The number of rotatable bonds is 4. The van der Waals surface area contributed by atoms with E-state index in [1.807, 2.05) is 0 Å². The summed E-state index contributed by atoms with van der Waals surface area (Å²) in [5.41, 5.74) is -1.46. The van der Waals surface area contributed by atoms with E-state index in [0.717, 1.165) is 9.80 Å². The van der Waals surface area contributed by atoms with Crippen molar-refractivity contribution in [2.75, 3.05) is 26.6 Å². The van der Waals surface area contributed by atoms with Crippen LogP contribution in [-0.4, -0.2) is 80.5 Å². The van der Waals surface area contributed by atoms with Gasteiger partial charge in [-0.1, -0.05) is 0 Å². The fourth-order valence-corrected chi connectivity index (χ4v) is 2.63. The number of amides is 4. The summed E-state index contributed by atoms with van der Waals surface area (Å²) in [6.07, 6.45) is -0.799. The third-order valence-corrected chi connectivity index (χ3v) is 3.52. The van der Waals surface area contributed by atoms with Gasteiger partial charge < -0.3 is 25.5 Å². The maximum absolute atomic E-state index is 12.0. The summed E-state index contributed by atoms with van der Waals surface area (Å²) in [6, 6.07) is -1.10. The van der Waals surface area contributed by atoms with Crippen molar-refractivity contribution in [3.8, 4) is 0 Å². The molecule has 0 aromatic rings. The van der Waals surface area contributed by atoms with Gasteiger partial charge in [-0.05, 0) is 6.92 Å². The van der Waals surface area contributed by atoms with Crippen LogP contribution in [-0.2, 0) is 0 Å². The molecule has 4 N–H and O–H groups in total. The molecule has 2 atom stereocenters. The second-order valence-corrected chi connectivity index (χ2v) is 4.10. The van der Waals surface area contributed by atoms with Gasteiger partial charge in [0.15, 0.2) is 11.8 Å². The Bertz CT molecular complexity index is 378. The highest BCUT2D eigenvalue weighted by Gasteiger charge is 2.65. The molecule has 0 radical (unpaired) electrons. The number of carbonyl (C=O) groups excluding carboxylic acids is 2. The average Bonchev–Trinajstić information content (AvgIpc) is 2.76. The summed E-state index contributed by atoms with van der Waals surface area (Å²) in [7, 11) is 0. The Kier molecular flexibility index (Phi) is 3.05. The minimum Gasteiger partial charge on any atom is -0.392 e. The minimum absolute atomic E-state index is 0.307. The van der Waals surface area contributed by atoms with Gasteiger partial charge in [0.1, 0.15) is 13.5 Å². The lowest BCUT2D eigenvalue weighted by atomic mass is 10.1. The van der Waals surface area contributed by atoms with Crippen LogP contribution in [0.25, 0.3) is 0 Å². The molecule has 0 aliphatic carbocycles. The molecule has 0 bridgehead atoms. The molecule has 9 heteroatoms. The molecule has 2 saturated heterocycles. The maximum atomic E-state index is 12.0. The van der Waals surface area contributed by atoms with Gasteiger partial charge in [0.25, 0.3) is 0 Å². The number of nitrogens with one attached hydrogen (secondary N) is 1. The zero-order valence-corrected chi connectivity index (χ0v) is 9.91. The second-order valence-electron chi connectivity index (χ2n) is 4.10. The van der Waals surface area contributed by atoms with Crippen LogP contribution < -0.4 is 5.32 Å². The van der Waals surface area contributed by atoms with Crippen molar-refractivity contribution in [3.63, 3.8) is 0 Å². The lowest BCUT2D eigenvalue weighted by molar-refractivity contribution is -0.0784. The molecule has 18 heavy (non-hydrogen) atoms. The van der Waals surface area contributed by atoms with Crippen LogP contribution in [0.3, 0.4) is 0 Å². The first-order valence-corrected chi connectivity index (χ1v) is 5.57. The summed E-state index contributed by atoms with van der Waals surface area (Å²) in [4.78, 5) is 27.0. The lowest BCUT2D eigenvalue weighted by Crippen LogP contribution is -2.63. The van der Waals surface area contributed by atoms with Crippen molar-refractivity contribution in [1.82, 2.24) is 20.0 Å². The summed E-state index contributed by atoms with van der Waals surface area (Å²) in [5.74, 6) is 0. The van der Waals surface area contributed by atoms with E-state index in [9.17, 15) is 24.9 Å². The molecule has 0 aromatic heterocycles. The quantitative estimate of drug-likeness (QED) is 0.453. The molecule has 2 fully saturated rings. The summed E-state index contributed by atoms with van der Waals surface area (Å²) < 4.78 is 0. The number of aliphatic hydroxyl groups is 3. The van der Waals surface area contributed by atoms with E-state index in [0.29, 0.717) is 6.54 Å². The monoisotopic (exact) mass is 260 g/mol. The summed E-state index contributed by atoms with van der Waals surface area (Å²) in [5, 5.41) is 30.7. The Hall–Kier alpha value is -1.58. The van der Waals surface area contributed by atoms with Crippen LogP contribution in [0.4, 0.5) is 9.59 Å². The van der Waals surface area contributed by atoms with Gasteiger partial charge in [0, 0.05) is 6.54 Å². The predicted molar refractivity (Wildman–Crippen MR) is 57.8 cm³/mol. The number of carbonyl (C=O) groups is 2. The molecule has 2 aliphatic heterocycles. The van der Waals surface area contributed by atoms with Gasteiger partial charge in [-0.25, -0.2) is 9.59 Å². The number of likely N-dealkylation sites (N-methyl/N-ethyl adjacent to an activating group) is 1. The SMILES string of the molecule is CCN1C(=O)N(CO)C2(CO)C1NC(=O)N2CO. The number of fused-ring (bicyclic) bond motifs is 1. The van der Waals surface area contributed by atoms with Crippen LogP contribution in [0.5, 0.6) is 0 Å². The van der Waals surface area contributed by atoms with Gasteiger partial charge in [-0.15, -0.1) is 0 Å². The molecular formula is C9H16N4O5. The molecular weight excluding hydrogens is 244 g/mol. The number of nitrogens with zero attached hydrogens (tertiary/aromatic N) is 3. The zero-order chi connectivity index (χ0) is 13.5. The van der Waals surface area contributed by atoms with Gasteiger partial charge in [0.05, 0.1) is 6.61 Å². The molecule has 0 spiro atoms. The van der Waals surface area contributed by atoms with Crippen molar-refractivity contribution >= 4 is 12.1 Å². The first kappa shape index (κ1) is 12.9. The highest BCUT2D eigenvalue weighted by atomic mass is 16.3. The lowest BCUT2D eigenvalue weighted by Gasteiger charge is -2.38. The molecule has 4 amide bonds. The van der Waals surface area contributed by atoms with Crippen molar-refractivity contribution in [1.29, 1.82) is 0 Å². The van der Waals surface area contributed by atoms with E-state index in [1.54, 1.807) is 6.92 Å². The first-order chi connectivity index (χ1) is 8.58. The van der Waals surface area contributed by atoms with Crippen molar-refractivity contribution in [3.05, 3.63) is 0 Å². The molecule has 0 saturated carbocycles. The van der Waals surface area contributed by atoms with Crippen molar-refractivity contribution in [2.24, 2.45) is 0 Å². The van der Waals surface area contributed by atoms with E-state index in [1.165, 1.54) is 4.90 Å². The van der Waals surface area contributed by atoms with Gasteiger partial charge in [0.2, 0.25) is 0 Å². The predicted octanol–water partition coefficient (Wildman–Crippen LogP) is -2.32. The number of aliphatic hydroxyl groups excluding tert-OH is 3. The van der Waals surface area contributed by atoms with E-state index in [4.69, 9.17) is 0 Å². The van der Waals surface area contributed by atoms with E-state index < -0.39 is 44.0 Å². The largest absolute Gasteiger partial charge is 0.392 e. The van der Waals surface area contributed by atoms with E-state index in [-0.39, 0.29) is 0 Å². The second kappa shape index (κ2) is 4.26. The molecule has 0 aromatic carbocycles. The Morgan fingerprint density at radius 3 is 2.28 bits per heavy atom. The number of urea groups is 2. The number of hydrogen-bond donors (Lipinski definition) is 4. The van der Waals surface area contributed by atoms with E-state index in [2.05, 4.69) is 5.32 Å². The third kappa shape index (κ3) is 1.26. The molecule has 2 unspecified atom stereocenters. The fourth-order valence-electron chi connectivity index (χ4n) is 2.63. The van der Waals surface area contributed by atoms with Crippen LogP contribution in [0, 0.1) is 0 Å². The van der Waals surface area contributed by atoms with Crippen LogP contribution in [0.15, 0.2) is 0 Å². The molecule has 9 nitrogen and oxygen atoms in total. The average molecular weight is 260 g/mol. The normalized spacial score (nSPS) is 31.1. The highest BCUT2D eigenvalue weighted by Crippen LogP contribution is 2.37. The number of hydrogen-bond acceptors (Lipinski definition) is 5. The molecule has 2 rings (SSSR count). The smallest absolute Gasteiger partial charge is 0.325 e. The van der Waals surface area contributed by atoms with E-state index >= 15 is 0 Å². The summed E-state index contributed by atoms with van der Waals surface area (Å²) in [6.45, 7) is 0.123.